The number of rotatable bonds is 4. The summed E-state index contributed by atoms with van der Waals surface area (Å²) in [5.74, 6) is -0.908. The van der Waals surface area contributed by atoms with Crippen LogP contribution >= 0.6 is 0 Å². The molecule has 0 aromatic heterocycles. The lowest BCUT2D eigenvalue weighted by Gasteiger charge is -2.34. The fourth-order valence-corrected chi connectivity index (χ4v) is 2.10. The summed E-state index contributed by atoms with van der Waals surface area (Å²) in [6, 6.07) is 0. The van der Waals surface area contributed by atoms with Gasteiger partial charge in [-0.3, -0.25) is 9.59 Å². The topological polar surface area (TPSA) is 52.6 Å². The molecule has 18 heavy (non-hydrogen) atoms. The smallest absolute Gasteiger partial charge is 0.313 e. The molecule has 104 valence electrons. The second-order valence-corrected chi connectivity index (χ2v) is 5.85. The molecule has 0 aromatic rings. The van der Waals surface area contributed by atoms with E-state index in [1.807, 2.05) is 27.7 Å². The molecule has 0 amide bonds. The summed E-state index contributed by atoms with van der Waals surface area (Å²) in [6.07, 6.45) is 0.910. The van der Waals surface area contributed by atoms with Crippen LogP contribution in [0.4, 0.5) is 0 Å². The van der Waals surface area contributed by atoms with Crippen molar-refractivity contribution in [1.29, 1.82) is 0 Å². The van der Waals surface area contributed by atoms with Crippen molar-refractivity contribution in [2.75, 3.05) is 0 Å². The molecular weight excluding hydrogens is 232 g/mol. The monoisotopic (exact) mass is 256 g/mol. The Morgan fingerprint density at radius 2 is 2.00 bits per heavy atom. The van der Waals surface area contributed by atoms with Crippen molar-refractivity contribution in [3.8, 4) is 0 Å². The standard InChI is InChI=1S/C14H24O4/c1-7-10-11(15)17-9(3)14(10,6)18-12(16)13(4,5)8-2/h9-10H,7-8H2,1-6H3. The molecule has 0 saturated carbocycles. The zero-order chi connectivity index (χ0) is 14.1. The predicted molar refractivity (Wildman–Crippen MR) is 67.9 cm³/mol. The molecule has 1 aliphatic rings. The number of cyclic esters (lactones) is 1. The van der Waals surface area contributed by atoms with Crippen LogP contribution < -0.4 is 0 Å². The average Bonchev–Trinajstić information content (AvgIpc) is 2.49. The first-order chi connectivity index (χ1) is 8.19. The van der Waals surface area contributed by atoms with Gasteiger partial charge in [0.05, 0.1) is 11.3 Å². The van der Waals surface area contributed by atoms with Gasteiger partial charge in [-0.1, -0.05) is 13.8 Å². The highest BCUT2D eigenvalue weighted by atomic mass is 16.6. The highest BCUT2D eigenvalue weighted by Gasteiger charge is 2.55. The molecule has 3 atom stereocenters. The lowest BCUT2D eigenvalue weighted by atomic mass is 9.84. The molecule has 0 N–H and O–H groups in total. The van der Waals surface area contributed by atoms with E-state index in [4.69, 9.17) is 9.47 Å². The third kappa shape index (κ3) is 2.38. The number of esters is 2. The molecule has 0 aromatic carbocycles. The van der Waals surface area contributed by atoms with Crippen molar-refractivity contribution in [1.82, 2.24) is 0 Å². The Labute approximate surface area is 109 Å². The van der Waals surface area contributed by atoms with Gasteiger partial charge in [0, 0.05) is 0 Å². The van der Waals surface area contributed by atoms with Crippen LogP contribution in [0.25, 0.3) is 0 Å². The Morgan fingerprint density at radius 3 is 2.44 bits per heavy atom. The summed E-state index contributed by atoms with van der Waals surface area (Å²) in [4.78, 5) is 23.9. The Bertz CT molecular complexity index is 348. The van der Waals surface area contributed by atoms with Gasteiger partial charge in [-0.05, 0) is 40.5 Å². The molecule has 0 bridgehead atoms. The minimum atomic E-state index is -0.852. The molecule has 0 radical (unpaired) electrons. The minimum absolute atomic E-state index is 0.267. The normalized spacial score (nSPS) is 32.2. The van der Waals surface area contributed by atoms with E-state index in [-0.39, 0.29) is 17.9 Å². The predicted octanol–water partition coefficient (Wildman–Crippen LogP) is 2.70. The lowest BCUT2D eigenvalue weighted by molar-refractivity contribution is -0.177. The molecular formula is C14H24O4. The quantitative estimate of drug-likeness (QED) is 0.726. The highest BCUT2D eigenvalue weighted by molar-refractivity contribution is 5.80. The van der Waals surface area contributed by atoms with E-state index in [1.165, 1.54) is 0 Å². The summed E-state index contributed by atoms with van der Waals surface area (Å²) < 4.78 is 10.9. The van der Waals surface area contributed by atoms with Gasteiger partial charge in [0.1, 0.15) is 6.10 Å². The number of ether oxygens (including phenoxy) is 2. The maximum absolute atomic E-state index is 12.2. The first-order valence-corrected chi connectivity index (χ1v) is 6.63. The molecule has 1 rings (SSSR count). The van der Waals surface area contributed by atoms with Crippen molar-refractivity contribution in [3.63, 3.8) is 0 Å². The van der Waals surface area contributed by atoms with Crippen LogP contribution in [0.3, 0.4) is 0 Å². The summed E-state index contributed by atoms with van der Waals surface area (Å²) in [5, 5.41) is 0. The van der Waals surface area contributed by atoms with E-state index >= 15 is 0 Å². The Morgan fingerprint density at radius 1 is 1.44 bits per heavy atom. The Hall–Kier alpha value is -1.06. The van der Waals surface area contributed by atoms with Gasteiger partial charge in [0.2, 0.25) is 0 Å². The Balaban J connectivity index is 2.93. The third-order valence-corrected chi connectivity index (χ3v) is 4.23. The largest absolute Gasteiger partial charge is 0.458 e. The number of hydrogen-bond acceptors (Lipinski definition) is 4. The van der Waals surface area contributed by atoms with Crippen LogP contribution in [-0.2, 0) is 19.1 Å². The van der Waals surface area contributed by atoms with Crippen LogP contribution in [0.2, 0.25) is 0 Å². The summed E-state index contributed by atoms with van der Waals surface area (Å²) >= 11 is 0. The number of carbonyl (C=O) groups is 2. The fourth-order valence-electron chi connectivity index (χ4n) is 2.10. The van der Waals surface area contributed by atoms with Gasteiger partial charge in [0.25, 0.3) is 0 Å². The van der Waals surface area contributed by atoms with Gasteiger partial charge < -0.3 is 9.47 Å². The summed E-state index contributed by atoms with van der Waals surface area (Å²) in [7, 11) is 0. The van der Waals surface area contributed by atoms with Crippen LogP contribution in [0.1, 0.15) is 54.4 Å². The number of carbonyl (C=O) groups excluding carboxylic acids is 2. The van der Waals surface area contributed by atoms with E-state index in [0.717, 1.165) is 0 Å². The molecule has 3 unspecified atom stereocenters. The molecule has 0 aliphatic carbocycles. The SMILES string of the molecule is CCC1C(=O)OC(C)C1(C)OC(=O)C(C)(C)CC. The summed E-state index contributed by atoms with van der Waals surface area (Å²) in [6.45, 7) is 11.1. The van der Waals surface area contributed by atoms with Gasteiger partial charge in [-0.15, -0.1) is 0 Å². The average molecular weight is 256 g/mol. The third-order valence-electron chi connectivity index (χ3n) is 4.23. The maximum atomic E-state index is 12.2. The minimum Gasteiger partial charge on any atom is -0.458 e. The van der Waals surface area contributed by atoms with Gasteiger partial charge >= 0.3 is 11.9 Å². The zero-order valence-corrected chi connectivity index (χ0v) is 12.2. The maximum Gasteiger partial charge on any atom is 0.313 e. The van der Waals surface area contributed by atoms with E-state index in [9.17, 15) is 9.59 Å². The second-order valence-electron chi connectivity index (χ2n) is 5.85. The van der Waals surface area contributed by atoms with Gasteiger partial charge in [-0.25, -0.2) is 0 Å². The van der Waals surface area contributed by atoms with Crippen molar-refractivity contribution in [2.24, 2.45) is 11.3 Å². The molecule has 1 saturated heterocycles. The molecule has 4 nitrogen and oxygen atoms in total. The second kappa shape index (κ2) is 4.90. The first-order valence-electron chi connectivity index (χ1n) is 6.63. The van der Waals surface area contributed by atoms with Crippen LogP contribution in [0.15, 0.2) is 0 Å². The van der Waals surface area contributed by atoms with Gasteiger partial charge in [-0.2, -0.15) is 0 Å². The van der Waals surface area contributed by atoms with Crippen LogP contribution in [0.5, 0.6) is 0 Å². The van der Waals surface area contributed by atoms with Crippen molar-refractivity contribution in [2.45, 2.75) is 66.1 Å². The molecule has 1 aliphatic heterocycles. The van der Waals surface area contributed by atoms with Crippen LogP contribution in [0, 0.1) is 11.3 Å². The van der Waals surface area contributed by atoms with E-state index in [1.54, 1.807) is 13.8 Å². The molecule has 1 heterocycles. The Kier molecular flexibility index (Phi) is 4.08. The highest BCUT2D eigenvalue weighted by Crippen LogP contribution is 2.39. The van der Waals surface area contributed by atoms with Crippen LogP contribution in [-0.4, -0.2) is 23.6 Å². The van der Waals surface area contributed by atoms with E-state index in [0.29, 0.717) is 12.8 Å². The van der Waals surface area contributed by atoms with Crippen molar-refractivity contribution < 1.29 is 19.1 Å². The van der Waals surface area contributed by atoms with E-state index in [2.05, 4.69) is 0 Å². The first kappa shape index (κ1) is 15.0. The molecule has 4 heteroatoms. The van der Waals surface area contributed by atoms with Crippen molar-refractivity contribution in [3.05, 3.63) is 0 Å². The van der Waals surface area contributed by atoms with Gasteiger partial charge in [0.15, 0.2) is 5.60 Å². The summed E-state index contributed by atoms with van der Waals surface area (Å²) in [5.41, 5.74) is -1.39. The lowest BCUT2D eigenvalue weighted by Crippen LogP contribution is -2.46. The van der Waals surface area contributed by atoms with E-state index < -0.39 is 17.1 Å². The zero-order valence-electron chi connectivity index (χ0n) is 12.2. The van der Waals surface area contributed by atoms with Crippen molar-refractivity contribution >= 4 is 11.9 Å². The molecule has 1 fully saturated rings. The molecule has 0 spiro atoms. The number of hydrogen-bond donors (Lipinski definition) is 0. The fraction of sp³-hybridized carbons (Fsp3) is 0.857.